The molecule has 0 amide bonds. The summed E-state index contributed by atoms with van der Waals surface area (Å²) in [5.41, 5.74) is 0.593. The number of carboxylic acid groups (broad SMARTS) is 1. The van der Waals surface area contributed by atoms with Gasteiger partial charge in [0, 0.05) is 4.57 Å². The number of carbonyl (C=O) groups is 1. The van der Waals surface area contributed by atoms with Gasteiger partial charge in [-0.25, -0.2) is 0 Å². The zero-order chi connectivity index (χ0) is 26.3. The molecular weight excluding hydrogens is 530 g/mol. The van der Waals surface area contributed by atoms with Gasteiger partial charge in [0.1, 0.15) is 11.9 Å². The van der Waals surface area contributed by atoms with Crippen molar-refractivity contribution in [2.75, 3.05) is 6.16 Å². The van der Waals surface area contributed by atoms with Gasteiger partial charge in [-0.1, -0.05) is 48.5 Å². The molecule has 0 aliphatic heterocycles. The van der Waals surface area contributed by atoms with Gasteiger partial charge in [0.15, 0.2) is 0 Å². The summed E-state index contributed by atoms with van der Waals surface area (Å²) in [6.07, 6.45) is -1.09. The van der Waals surface area contributed by atoms with Gasteiger partial charge in [-0.2, -0.15) is 16.8 Å². The SMILES string of the molecule is O=C(O)CP(=O)(O)O.O=S(=O)(O)Cc1ccccc1.O=S(=O)(O)c1ccccc1.O=[P+](O)O. The van der Waals surface area contributed by atoms with Crippen molar-refractivity contribution in [2.24, 2.45) is 0 Å². The van der Waals surface area contributed by atoms with E-state index in [0.29, 0.717) is 5.56 Å². The first kappa shape index (κ1) is 33.1. The third kappa shape index (κ3) is 26.0. The van der Waals surface area contributed by atoms with Gasteiger partial charge < -0.3 is 14.9 Å². The second-order valence-electron chi connectivity index (χ2n) is 5.47. The van der Waals surface area contributed by atoms with Gasteiger partial charge >= 0.3 is 21.8 Å². The molecule has 0 aromatic heterocycles. The molecule has 33 heavy (non-hydrogen) atoms. The maximum Gasteiger partial charge on any atom is 0.692 e. The topological polar surface area (TPSA) is 261 Å². The van der Waals surface area contributed by atoms with E-state index in [1.165, 1.54) is 12.1 Å². The summed E-state index contributed by atoms with van der Waals surface area (Å²) in [5, 5.41) is 7.76. The van der Waals surface area contributed by atoms with E-state index < -0.39 is 48.2 Å². The van der Waals surface area contributed by atoms with E-state index in [9.17, 15) is 26.2 Å². The van der Waals surface area contributed by atoms with Crippen LogP contribution in [0.25, 0.3) is 0 Å². The molecule has 14 nitrogen and oxygen atoms in total. The maximum absolute atomic E-state index is 10.4. The Morgan fingerprint density at radius 2 is 1.21 bits per heavy atom. The van der Waals surface area contributed by atoms with Crippen LogP contribution in [0.4, 0.5) is 0 Å². The molecule has 0 aliphatic carbocycles. The summed E-state index contributed by atoms with van der Waals surface area (Å²) < 4.78 is 76.9. The van der Waals surface area contributed by atoms with Crippen molar-refractivity contribution in [2.45, 2.75) is 10.6 Å². The zero-order valence-electron chi connectivity index (χ0n) is 16.4. The minimum Gasteiger partial charge on any atom is -0.481 e. The largest absolute Gasteiger partial charge is 0.692 e. The minimum atomic E-state index is -4.32. The van der Waals surface area contributed by atoms with Crippen molar-refractivity contribution in [1.82, 2.24) is 0 Å². The molecule has 0 bridgehead atoms. The van der Waals surface area contributed by atoms with Crippen LogP contribution in [0.15, 0.2) is 65.6 Å². The minimum absolute atomic E-state index is 0.0741. The van der Waals surface area contributed by atoms with Gasteiger partial charge in [-0.05, 0) is 17.7 Å². The summed E-state index contributed by atoms with van der Waals surface area (Å²) >= 11 is 0. The fourth-order valence-corrected chi connectivity index (χ4v) is 3.02. The quantitative estimate of drug-likeness (QED) is 0.201. The molecule has 0 aliphatic rings. The molecule has 0 heterocycles. The molecule has 2 aromatic rings. The molecule has 0 saturated carbocycles. The van der Waals surface area contributed by atoms with Crippen LogP contribution in [0.3, 0.4) is 0 Å². The highest BCUT2D eigenvalue weighted by molar-refractivity contribution is 7.85. The van der Waals surface area contributed by atoms with E-state index in [-0.39, 0.29) is 10.6 Å². The molecule has 0 saturated heterocycles. The number of aliphatic carboxylic acids is 1. The summed E-state index contributed by atoms with van der Waals surface area (Å²) in [5.74, 6) is -1.80. The average molecular weight is 551 g/mol. The van der Waals surface area contributed by atoms with Crippen molar-refractivity contribution < 1.29 is 64.5 Å². The van der Waals surface area contributed by atoms with E-state index in [1.807, 2.05) is 0 Å². The first-order valence-electron chi connectivity index (χ1n) is 7.96. The summed E-state index contributed by atoms with van der Waals surface area (Å²) in [6.45, 7) is 0. The lowest BCUT2D eigenvalue weighted by molar-refractivity contribution is -0.134. The van der Waals surface area contributed by atoms with E-state index in [4.69, 9.17) is 38.4 Å². The van der Waals surface area contributed by atoms with Gasteiger partial charge in [0.25, 0.3) is 20.2 Å². The first-order valence-corrected chi connectivity index (χ1v) is 14.0. The monoisotopic (exact) mass is 551 g/mol. The third-order valence-electron chi connectivity index (χ3n) is 2.57. The maximum atomic E-state index is 10.4. The van der Waals surface area contributed by atoms with Gasteiger partial charge in [0.05, 0.1) is 4.90 Å². The summed E-state index contributed by atoms with van der Waals surface area (Å²) in [6, 6.07) is 15.9. The van der Waals surface area contributed by atoms with Crippen molar-refractivity contribution in [3.8, 4) is 0 Å². The lowest BCUT2D eigenvalue weighted by Gasteiger charge is -1.95. The molecule has 186 valence electrons. The fourth-order valence-electron chi connectivity index (χ4n) is 1.55. The summed E-state index contributed by atoms with van der Waals surface area (Å²) in [4.78, 5) is 39.5. The first-order chi connectivity index (χ1) is 14.8. The molecule has 2 rings (SSSR count). The number of hydrogen-bond donors (Lipinski definition) is 7. The second-order valence-corrected chi connectivity index (χ2v) is 10.5. The number of benzene rings is 2. The molecule has 7 N–H and O–H groups in total. The van der Waals surface area contributed by atoms with Crippen LogP contribution in [0.1, 0.15) is 5.56 Å². The van der Waals surface area contributed by atoms with E-state index in [0.717, 1.165) is 0 Å². The van der Waals surface area contributed by atoms with E-state index in [2.05, 4.69) is 0 Å². The zero-order valence-corrected chi connectivity index (χ0v) is 19.8. The normalized spacial score (nSPS) is 10.7. The van der Waals surface area contributed by atoms with Crippen molar-refractivity contribution in [3.05, 3.63) is 66.2 Å². The number of hydrogen-bond acceptors (Lipinski definition) is 7. The predicted octanol–water partition coefficient (Wildman–Crippen LogP) is 0.885. The van der Waals surface area contributed by atoms with Crippen LogP contribution in [0.5, 0.6) is 0 Å². The molecule has 0 unspecified atom stereocenters. The standard InChI is InChI=1S/C7H8O3S.C6H6O3S.C2H5O5P.HO3P/c8-11(9,10)6-7-4-2-1-3-5-7;7-10(8,9)6-4-2-1-3-5-6;3-2(4)1-8(5,6)7;1-4(2)3/h1-5H,6H2,(H,8,9,10);1-5H,(H,7,8,9);1H2,(H,3,4)(H2,5,6,7);(H-,1,2,3)/p+1. The number of rotatable bonds is 5. The Bertz CT molecular complexity index is 1110. The lowest BCUT2D eigenvalue weighted by atomic mass is 10.2. The van der Waals surface area contributed by atoms with Crippen LogP contribution in [0, 0.1) is 0 Å². The summed E-state index contributed by atoms with van der Waals surface area (Å²) in [7, 11) is -15.1. The Morgan fingerprint density at radius 1 is 0.848 bits per heavy atom. The average Bonchev–Trinajstić information content (AvgIpc) is 2.60. The Morgan fingerprint density at radius 3 is 1.42 bits per heavy atom. The van der Waals surface area contributed by atoms with Crippen molar-refractivity contribution >= 4 is 42.1 Å². The van der Waals surface area contributed by atoms with Gasteiger partial charge in [0.2, 0.25) is 0 Å². The predicted molar refractivity (Wildman–Crippen MR) is 115 cm³/mol. The molecule has 2 aromatic carbocycles. The molecule has 0 spiro atoms. The Kier molecular flexibility index (Phi) is 15.7. The fraction of sp³-hybridized carbons (Fsp3) is 0.133. The van der Waals surface area contributed by atoms with E-state index >= 15 is 0 Å². The third-order valence-corrected chi connectivity index (χ3v) is 4.82. The van der Waals surface area contributed by atoms with Crippen LogP contribution in [-0.2, 0) is 39.9 Å². The van der Waals surface area contributed by atoms with E-state index in [1.54, 1.807) is 48.5 Å². The highest BCUT2D eigenvalue weighted by atomic mass is 32.2. The van der Waals surface area contributed by atoms with Crippen LogP contribution < -0.4 is 0 Å². The highest BCUT2D eigenvalue weighted by Crippen LogP contribution is 2.33. The number of carboxylic acids is 1. The molecule has 0 radical (unpaired) electrons. The van der Waals surface area contributed by atoms with Gasteiger partial charge in [-0.3, -0.25) is 18.5 Å². The van der Waals surface area contributed by atoms with Crippen molar-refractivity contribution in [3.63, 3.8) is 0 Å². The van der Waals surface area contributed by atoms with Gasteiger partial charge in [-0.15, -0.1) is 9.79 Å². The molecular formula is C15H21O14P2S2+. The van der Waals surface area contributed by atoms with Crippen LogP contribution >= 0.6 is 15.9 Å². The lowest BCUT2D eigenvalue weighted by Crippen LogP contribution is -2.01. The van der Waals surface area contributed by atoms with Crippen LogP contribution in [-0.4, -0.2) is 62.8 Å². The molecule has 0 atom stereocenters. The Hall–Kier alpha value is -2.10. The Balaban J connectivity index is 0. The van der Waals surface area contributed by atoms with Crippen molar-refractivity contribution in [1.29, 1.82) is 0 Å². The smallest absolute Gasteiger partial charge is 0.481 e. The molecule has 0 fully saturated rings. The molecule has 18 heteroatoms. The van der Waals surface area contributed by atoms with Crippen LogP contribution in [0.2, 0.25) is 0 Å². The highest BCUT2D eigenvalue weighted by Gasteiger charge is 2.17. The second kappa shape index (κ2) is 15.7. The Labute approximate surface area is 189 Å².